The summed E-state index contributed by atoms with van der Waals surface area (Å²) in [6.45, 7) is 5.76. The van der Waals surface area contributed by atoms with Crippen LogP contribution in [0, 0.1) is 10.1 Å². The number of carbonyl (C=O) groups excluding carboxylic acids is 3. The highest BCUT2D eigenvalue weighted by Gasteiger charge is 2.35. The fraction of sp³-hybridized carbons (Fsp3) is 0.261. The summed E-state index contributed by atoms with van der Waals surface area (Å²) in [6.07, 6.45) is 0. The van der Waals surface area contributed by atoms with Gasteiger partial charge in [-0.2, -0.15) is 0 Å². The molecule has 0 saturated carbocycles. The molecule has 33 heavy (non-hydrogen) atoms. The van der Waals surface area contributed by atoms with Gasteiger partial charge in [0.1, 0.15) is 0 Å². The third-order valence-corrected chi connectivity index (χ3v) is 5.20. The average molecular weight is 452 g/mol. The number of non-ortho nitro benzene ring substituents is 1. The number of nitro groups is 1. The fourth-order valence-electron chi connectivity index (χ4n) is 3.65. The first-order valence-corrected chi connectivity index (χ1v) is 10.4. The summed E-state index contributed by atoms with van der Waals surface area (Å²) in [6, 6.07) is 10.9. The van der Waals surface area contributed by atoms with Crippen molar-refractivity contribution in [3.63, 3.8) is 0 Å². The highest BCUT2D eigenvalue weighted by atomic mass is 16.6. The van der Waals surface area contributed by atoms with Gasteiger partial charge in [-0.1, -0.05) is 18.2 Å². The molecule has 3 rings (SSSR count). The Hall–Kier alpha value is -4.21. The van der Waals surface area contributed by atoms with Gasteiger partial charge in [-0.05, 0) is 44.5 Å². The lowest BCUT2D eigenvalue weighted by Gasteiger charge is -2.34. The number of hydrogen-bond donors (Lipinski definition) is 2. The Labute approximate surface area is 190 Å². The van der Waals surface area contributed by atoms with Gasteiger partial charge in [-0.25, -0.2) is 9.59 Å². The zero-order valence-electron chi connectivity index (χ0n) is 18.5. The van der Waals surface area contributed by atoms with E-state index < -0.39 is 22.8 Å². The van der Waals surface area contributed by atoms with Crippen molar-refractivity contribution in [3.05, 3.63) is 81.0 Å². The molecule has 0 spiro atoms. The monoisotopic (exact) mass is 452 g/mol. The van der Waals surface area contributed by atoms with E-state index in [1.807, 2.05) is 0 Å². The summed E-state index contributed by atoms with van der Waals surface area (Å²) >= 11 is 0. The Bertz CT molecular complexity index is 1140. The second kappa shape index (κ2) is 9.94. The Morgan fingerprint density at radius 2 is 1.91 bits per heavy atom. The summed E-state index contributed by atoms with van der Waals surface area (Å²) in [4.78, 5) is 49.8. The van der Waals surface area contributed by atoms with Crippen LogP contribution in [0.15, 0.2) is 59.8 Å². The fourth-order valence-corrected chi connectivity index (χ4v) is 3.65. The van der Waals surface area contributed by atoms with Gasteiger partial charge in [-0.15, -0.1) is 0 Å². The molecule has 2 aromatic rings. The number of nitrogens with one attached hydrogen (secondary N) is 2. The molecule has 0 aliphatic carbocycles. The van der Waals surface area contributed by atoms with Crippen LogP contribution in [0.25, 0.3) is 0 Å². The van der Waals surface area contributed by atoms with Gasteiger partial charge in [0, 0.05) is 35.6 Å². The van der Waals surface area contributed by atoms with Crippen LogP contribution in [0.2, 0.25) is 0 Å². The molecule has 1 aliphatic rings. The summed E-state index contributed by atoms with van der Waals surface area (Å²) in [7, 11) is 0. The van der Waals surface area contributed by atoms with E-state index in [-0.39, 0.29) is 23.9 Å². The molecule has 172 valence electrons. The quantitative estimate of drug-likeness (QED) is 0.373. The number of rotatable bonds is 7. The minimum absolute atomic E-state index is 0.127. The van der Waals surface area contributed by atoms with Crippen molar-refractivity contribution in [1.29, 1.82) is 0 Å². The number of urea groups is 1. The lowest BCUT2D eigenvalue weighted by Crippen LogP contribution is -2.47. The van der Waals surface area contributed by atoms with Crippen LogP contribution in [0.5, 0.6) is 0 Å². The molecule has 0 radical (unpaired) electrons. The number of ether oxygens (including phenoxy) is 1. The molecule has 0 fully saturated rings. The predicted molar refractivity (Wildman–Crippen MR) is 120 cm³/mol. The number of amides is 3. The second-order valence-electron chi connectivity index (χ2n) is 7.23. The number of carbonyl (C=O) groups is 3. The number of esters is 1. The Balaban J connectivity index is 1.93. The number of nitro benzene ring substituents is 1. The molecule has 0 aromatic heterocycles. The van der Waals surface area contributed by atoms with E-state index in [0.717, 1.165) is 0 Å². The Kier molecular flexibility index (Phi) is 7.07. The van der Waals surface area contributed by atoms with Gasteiger partial charge in [-0.3, -0.25) is 19.8 Å². The van der Waals surface area contributed by atoms with Gasteiger partial charge in [0.25, 0.3) is 11.6 Å². The van der Waals surface area contributed by atoms with Gasteiger partial charge in [0.2, 0.25) is 0 Å². The highest BCUT2D eigenvalue weighted by Crippen LogP contribution is 2.32. The van der Waals surface area contributed by atoms with E-state index in [2.05, 4.69) is 10.6 Å². The second-order valence-corrected chi connectivity index (χ2v) is 7.23. The molecule has 10 nitrogen and oxygen atoms in total. The van der Waals surface area contributed by atoms with Crippen molar-refractivity contribution >= 4 is 29.3 Å². The molecule has 10 heteroatoms. The third-order valence-electron chi connectivity index (χ3n) is 5.20. The maximum atomic E-state index is 12.7. The molecule has 0 unspecified atom stereocenters. The summed E-state index contributed by atoms with van der Waals surface area (Å²) in [5, 5.41) is 16.5. The zero-order chi connectivity index (χ0) is 24.1. The van der Waals surface area contributed by atoms with E-state index in [0.29, 0.717) is 29.1 Å². The molecule has 1 aliphatic heterocycles. The van der Waals surface area contributed by atoms with Crippen molar-refractivity contribution in [2.24, 2.45) is 0 Å². The zero-order valence-corrected chi connectivity index (χ0v) is 18.5. The maximum absolute atomic E-state index is 12.7. The lowest BCUT2D eigenvalue weighted by molar-refractivity contribution is -0.384. The summed E-state index contributed by atoms with van der Waals surface area (Å²) < 4.78 is 5.22. The first-order chi connectivity index (χ1) is 15.8. The maximum Gasteiger partial charge on any atom is 0.338 e. The first kappa shape index (κ1) is 23.5. The standard InChI is InChI=1S/C23H24N4O6/c1-4-26-14(3)19(22(29)33-5-2)20(25-23(26)30)15-8-6-10-17(12-15)24-21(28)16-9-7-11-18(13-16)27(31)32/h6-13,20H,4-5H2,1-3H3,(H,24,28)(H,25,30)/t20-/m1/s1. The van der Waals surface area contributed by atoms with E-state index in [1.54, 1.807) is 45.0 Å². The molecular weight excluding hydrogens is 428 g/mol. The summed E-state index contributed by atoms with van der Waals surface area (Å²) in [5.74, 6) is -1.07. The van der Waals surface area contributed by atoms with Crippen molar-refractivity contribution < 1.29 is 24.0 Å². The molecule has 1 heterocycles. The van der Waals surface area contributed by atoms with Crippen LogP contribution in [0.3, 0.4) is 0 Å². The minimum Gasteiger partial charge on any atom is -0.463 e. The number of allylic oxidation sites excluding steroid dienone is 1. The van der Waals surface area contributed by atoms with E-state index >= 15 is 0 Å². The highest BCUT2D eigenvalue weighted by molar-refractivity contribution is 6.04. The molecule has 2 N–H and O–H groups in total. The van der Waals surface area contributed by atoms with E-state index in [4.69, 9.17) is 4.74 Å². The lowest BCUT2D eigenvalue weighted by atomic mass is 9.94. The van der Waals surface area contributed by atoms with Crippen molar-refractivity contribution in [2.75, 3.05) is 18.5 Å². The van der Waals surface area contributed by atoms with Gasteiger partial charge in [0.05, 0.1) is 23.1 Å². The number of hydrogen-bond acceptors (Lipinski definition) is 6. The molecule has 0 saturated heterocycles. The number of anilines is 1. The molecule has 1 atom stereocenters. The summed E-state index contributed by atoms with van der Waals surface area (Å²) in [5.41, 5.74) is 1.70. The molecule has 2 aromatic carbocycles. The topological polar surface area (TPSA) is 131 Å². The van der Waals surface area contributed by atoms with E-state index in [9.17, 15) is 24.5 Å². The van der Waals surface area contributed by atoms with Crippen molar-refractivity contribution in [2.45, 2.75) is 26.8 Å². The largest absolute Gasteiger partial charge is 0.463 e. The molecule has 0 bridgehead atoms. The van der Waals surface area contributed by atoms with Gasteiger partial charge in [0.15, 0.2) is 0 Å². The van der Waals surface area contributed by atoms with Crippen LogP contribution in [-0.4, -0.2) is 40.9 Å². The van der Waals surface area contributed by atoms with Crippen LogP contribution < -0.4 is 10.6 Å². The number of nitrogens with zero attached hydrogens (tertiary/aromatic N) is 2. The van der Waals surface area contributed by atoms with Crippen LogP contribution >= 0.6 is 0 Å². The van der Waals surface area contributed by atoms with Crippen LogP contribution in [0.4, 0.5) is 16.2 Å². The van der Waals surface area contributed by atoms with Crippen LogP contribution in [0.1, 0.15) is 42.7 Å². The van der Waals surface area contributed by atoms with Crippen LogP contribution in [-0.2, 0) is 9.53 Å². The first-order valence-electron chi connectivity index (χ1n) is 10.4. The van der Waals surface area contributed by atoms with E-state index in [1.165, 1.54) is 29.2 Å². The third kappa shape index (κ3) is 5.00. The normalized spacial score (nSPS) is 15.7. The Morgan fingerprint density at radius 3 is 2.58 bits per heavy atom. The Morgan fingerprint density at radius 1 is 1.18 bits per heavy atom. The van der Waals surface area contributed by atoms with Crippen molar-refractivity contribution in [1.82, 2.24) is 10.2 Å². The van der Waals surface area contributed by atoms with Crippen molar-refractivity contribution in [3.8, 4) is 0 Å². The smallest absolute Gasteiger partial charge is 0.338 e. The minimum atomic E-state index is -0.769. The average Bonchev–Trinajstić information content (AvgIpc) is 2.79. The predicted octanol–water partition coefficient (Wildman–Crippen LogP) is 3.77. The number of benzene rings is 2. The molecule has 3 amide bonds. The van der Waals surface area contributed by atoms with Gasteiger partial charge < -0.3 is 15.4 Å². The SMILES string of the molecule is CCOC(=O)C1=C(C)N(CC)C(=O)N[C@@H]1c1cccc(NC(=O)c2cccc([N+](=O)[O-])c2)c1. The molecular formula is C23H24N4O6. The van der Waals surface area contributed by atoms with Gasteiger partial charge >= 0.3 is 12.0 Å².